The van der Waals surface area contributed by atoms with Crippen LogP contribution < -0.4 is 5.73 Å². The number of unbranched alkanes of at least 4 members (excludes halogenated alkanes) is 13. The Balaban J connectivity index is 4.52. The molecule has 0 saturated heterocycles. The maximum Gasteiger partial charge on any atom is 0.472 e. The molecule has 12 heteroatoms. The van der Waals surface area contributed by atoms with Crippen LogP contribution in [0, 0.1) is 0 Å². The summed E-state index contributed by atoms with van der Waals surface area (Å²) in [6.45, 7) is 2.67. The highest BCUT2D eigenvalue weighted by Crippen LogP contribution is 2.43. The highest BCUT2D eigenvalue weighted by atomic mass is 31.2. The fourth-order valence-corrected chi connectivity index (χ4v) is 5.77. The summed E-state index contributed by atoms with van der Waals surface area (Å²) < 4.78 is 32.5. The molecule has 0 aliphatic heterocycles. The Morgan fingerprint density at radius 1 is 0.574 bits per heavy atom. The van der Waals surface area contributed by atoms with Crippen LogP contribution in [-0.2, 0) is 37.5 Å². The van der Waals surface area contributed by atoms with Crippen LogP contribution in [-0.4, -0.2) is 59.9 Å². The van der Waals surface area contributed by atoms with Gasteiger partial charge in [0.2, 0.25) is 0 Å². The molecule has 0 saturated carbocycles. The van der Waals surface area contributed by atoms with Gasteiger partial charge in [0.15, 0.2) is 6.10 Å². The Morgan fingerprint density at radius 3 is 1.57 bits per heavy atom. The van der Waals surface area contributed by atoms with E-state index in [4.69, 9.17) is 24.8 Å². The Labute approximate surface area is 326 Å². The van der Waals surface area contributed by atoms with Crippen LogP contribution in [0.2, 0.25) is 0 Å². The van der Waals surface area contributed by atoms with Crippen molar-refractivity contribution >= 4 is 25.7 Å². The smallest absolute Gasteiger partial charge is 0.472 e. The Bertz CT molecular complexity index is 1150. The predicted octanol–water partition coefficient (Wildman–Crippen LogP) is 10.4. The molecule has 0 aromatic carbocycles. The minimum Gasteiger partial charge on any atom is -0.480 e. The number of phosphoric ester groups is 1. The number of ether oxygens (including phenoxy) is 2. The highest BCUT2D eigenvalue weighted by molar-refractivity contribution is 7.47. The molecular weight excluding hydrogens is 709 g/mol. The van der Waals surface area contributed by atoms with Crippen molar-refractivity contribution in [2.24, 2.45) is 5.73 Å². The summed E-state index contributed by atoms with van der Waals surface area (Å²) in [5.74, 6) is -2.47. The highest BCUT2D eigenvalue weighted by Gasteiger charge is 2.28. The van der Waals surface area contributed by atoms with Crippen molar-refractivity contribution < 1.29 is 47.5 Å². The maximum absolute atomic E-state index is 12.6. The summed E-state index contributed by atoms with van der Waals surface area (Å²) in [7, 11) is -4.73. The van der Waals surface area contributed by atoms with E-state index in [1.807, 2.05) is 12.2 Å². The summed E-state index contributed by atoms with van der Waals surface area (Å²) in [6, 6.07) is -1.53. The van der Waals surface area contributed by atoms with Crippen molar-refractivity contribution in [3.63, 3.8) is 0 Å². The molecule has 4 N–H and O–H groups in total. The van der Waals surface area contributed by atoms with E-state index >= 15 is 0 Å². The lowest BCUT2D eigenvalue weighted by molar-refractivity contribution is -0.161. The molecule has 0 rings (SSSR count). The minimum atomic E-state index is -4.73. The monoisotopic (exact) mass is 781 g/mol. The van der Waals surface area contributed by atoms with Crippen LogP contribution in [0.25, 0.3) is 0 Å². The quantitative estimate of drug-likeness (QED) is 0.0237. The number of carbonyl (C=O) groups is 3. The zero-order valence-corrected chi connectivity index (χ0v) is 34.2. The minimum absolute atomic E-state index is 0.137. The van der Waals surface area contributed by atoms with Crippen molar-refractivity contribution in [3.8, 4) is 0 Å². The first-order valence-corrected chi connectivity index (χ1v) is 21.8. The fraction of sp³-hybridized carbons (Fsp3) is 0.690. The molecule has 0 aliphatic carbocycles. The van der Waals surface area contributed by atoms with Gasteiger partial charge in [-0.2, -0.15) is 0 Å². The molecule has 3 atom stereocenters. The van der Waals surface area contributed by atoms with E-state index in [9.17, 15) is 23.8 Å². The van der Waals surface area contributed by atoms with Gasteiger partial charge in [0.1, 0.15) is 12.6 Å². The van der Waals surface area contributed by atoms with Gasteiger partial charge < -0.3 is 25.2 Å². The average molecular weight is 782 g/mol. The second kappa shape index (κ2) is 37.1. The molecule has 0 spiro atoms. The lowest BCUT2D eigenvalue weighted by atomic mass is 10.1. The van der Waals surface area contributed by atoms with Crippen LogP contribution in [0.1, 0.15) is 155 Å². The van der Waals surface area contributed by atoms with E-state index in [0.717, 1.165) is 64.2 Å². The van der Waals surface area contributed by atoms with Gasteiger partial charge in [0.05, 0.1) is 13.2 Å². The lowest BCUT2D eigenvalue weighted by Crippen LogP contribution is -2.34. The van der Waals surface area contributed by atoms with E-state index < -0.39 is 51.1 Å². The normalized spacial score (nSPS) is 14.4. The summed E-state index contributed by atoms with van der Waals surface area (Å²) in [4.78, 5) is 45.8. The molecule has 0 aromatic heterocycles. The van der Waals surface area contributed by atoms with E-state index in [0.29, 0.717) is 19.3 Å². The van der Waals surface area contributed by atoms with Crippen molar-refractivity contribution in [1.82, 2.24) is 0 Å². The third kappa shape index (κ3) is 36.2. The fourth-order valence-electron chi connectivity index (χ4n) is 4.99. The van der Waals surface area contributed by atoms with Gasteiger partial charge in [-0.15, -0.1) is 0 Å². The second-order valence-corrected chi connectivity index (χ2v) is 14.9. The summed E-state index contributed by atoms with van der Waals surface area (Å²) in [5, 5.41) is 8.87. The van der Waals surface area contributed by atoms with Gasteiger partial charge >= 0.3 is 25.7 Å². The third-order valence-corrected chi connectivity index (χ3v) is 9.19. The Morgan fingerprint density at radius 2 is 1.00 bits per heavy atom. The molecule has 3 unspecified atom stereocenters. The number of carboxylic acids is 1. The van der Waals surface area contributed by atoms with Gasteiger partial charge in [-0.05, 0) is 77.0 Å². The molecule has 11 nitrogen and oxygen atoms in total. The number of rotatable bonds is 37. The maximum atomic E-state index is 12.6. The number of allylic oxidation sites excluding steroid dienone is 10. The first-order valence-electron chi connectivity index (χ1n) is 20.3. The van der Waals surface area contributed by atoms with E-state index in [1.54, 1.807) is 0 Å². The molecular formula is C42H72NO10P. The van der Waals surface area contributed by atoms with E-state index in [2.05, 4.69) is 67.0 Å². The standard InChI is InChI=1S/C42H72NO10P/c1-3-5-7-9-11-13-15-17-18-19-20-22-23-25-27-29-31-33-40(44)50-35-38(36-51-54(48,49)52-37-39(43)42(46)47)53-41(45)34-32-30-28-26-24-21-16-14-12-10-8-6-4-2/h11,13-14,16-18,20,22,25,27,38-39H,3-10,12,15,19,21,23-24,26,28-37,43H2,1-2H3,(H,46,47)(H,48,49). The summed E-state index contributed by atoms with van der Waals surface area (Å²) in [5.41, 5.74) is 5.32. The summed E-state index contributed by atoms with van der Waals surface area (Å²) in [6.07, 6.45) is 41.5. The SMILES string of the molecule is CCCCCC=CCC=CCC=CCC=CCCCC(=O)OCC(COP(=O)(O)OCC(N)C(=O)O)OC(=O)CCCCCCCC=CCCCCCC. The Kier molecular flexibility index (Phi) is 35.2. The number of hydrogen-bond donors (Lipinski definition) is 3. The molecule has 54 heavy (non-hydrogen) atoms. The molecule has 0 aromatic rings. The third-order valence-electron chi connectivity index (χ3n) is 8.24. The van der Waals surface area contributed by atoms with Gasteiger partial charge in [0, 0.05) is 12.8 Å². The number of carboxylic acid groups (broad SMARTS) is 1. The van der Waals surface area contributed by atoms with Crippen LogP contribution in [0.15, 0.2) is 60.8 Å². The zero-order valence-electron chi connectivity index (χ0n) is 33.3. The summed E-state index contributed by atoms with van der Waals surface area (Å²) >= 11 is 0. The van der Waals surface area contributed by atoms with Gasteiger partial charge in [-0.25, -0.2) is 4.57 Å². The van der Waals surface area contributed by atoms with Gasteiger partial charge in [-0.3, -0.25) is 23.4 Å². The van der Waals surface area contributed by atoms with Crippen molar-refractivity contribution in [3.05, 3.63) is 60.8 Å². The topological polar surface area (TPSA) is 172 Å². The number of aliphatic carboxylic acids is 1. The van der Waals surface area contributed by atoms with Crippen molar-refractivity contribution in [2.45, 2.75) is 167 Å². The predicted molar refractivity (Wildman–Crippen MR) is 217 cm³/mol. The number of nitrogens with two attached hydrogens (primary N) is 1. The van der Waals surface area contributed by atoms with Gasteiger partial charge in [-0.1, -0.05) is 126 Å². The largest absolute Gasteiger partial charge is 0.480 e. The Hall–Kier alpha value is -2.82. The zero-order chi connectivity index (χ0) is 40.0. The van der Waals surface area contributed by atoms with Crippen LogP contribution >= 0.6 is 7.82 Å². The number of hydrogen-bond acceptors (Lipinski definition) is 9. The van der Waals surface area contributed by atoms with E-state index in [-0.39, 0.29) is 19.4 Å². The molecule has 0 aliphatic rings. The van der Waals surface area contributed by atoms with Crippen molar-refractivity contribution in [1.29, 1.82) is 0 Å². The van der Waals surface area contributed by atoms with E-state index in [1.165, 1.54) is 44.9 Å². The number of carbonyl (C=O) groups excluding carboxylic acids is 2. The molecule has 0 radical (unpaired) electrons. The number of phosphoric acid groups is 1. The molecule has 0 fully saturated rings. The van der Waals surface area contributed by atoms with Crippen LogP contribution in [0.5, 0.6) is 0 Å². The van der Waals surface area contributed by atoms with Crippen LogP contribution in [0.4, 0.5) is 0 Å². The molecule has 0 amide bonds. The van der Waals surface area contributed by atoms with Gasteiger partial charge in [0.25, 0.3) is 0 Å². The number of esters is 2. The van der Waals surface area contributed by atoms with Crippen LogP contribution in [0.3, 0.4) is 0 Å². The van der Waals surface area contributed by atoms with Crippen molar-refractivity contribution in [2.75, 3.05) is 19.8 Å². The molecule has 310 valence electrons. The molecule has 0 heterocycles. The lowest BCUT2D eigenvalue weighted by Gasteiger charge is -2.20. The first kappa shape index (κ1) is 51.2. The second-order valence-electron chi connectivity index (χ2n) is 13.4. The average Bonchev–Trinajstić information content (AvgIpc) is 3.14. The molecule has 0 bridgehead atoms. The first-order chi connectivity index (χ1) is 26.1.